The molecule has 0 aliphatic carbocycles. The lowest BCUT2D eigenvalue weighted by Crippen LogP contribution is -2.42. The summed E-state index contributed by atoms with van der Waals surface area (Å²) in [4.78, 5) is 13.5. The molecule has 0 radical (unpaired) electrons. The molecule has 0 aromatic heterocycles. The average molecular weight is 270 g/mol. The minimum Gasteiger partial charge on any atom is -0.311 e. The van der Waals surface area contributed by atoms with E-state index in [0.717, 1.165) is 5.56 Å². The van der Waals surface area contributed by atoms with Gasteiger partial charge < -0.3 is 10.2 Å². The van der Waals surface area contributed by atoms with Crippen LogP contribution < -0.4 is 10.2 Å². The average Bonchev–Trinajstić information content (AvgIpc) is 2.56. The SMILES string of the molecule is O=C1CC(C(F)(F)F)c2cccc3c2N1CCNC3. The fourth-order valence-electron chi connectivity index (χ4n) is 2.83. The summed E-state index contributed by atoms with van der Waals surface area (Å²) in [5.74, 6) is -2.12. The number of para-hydroxylation sites is 1. The van der Waals surface area contributed by atoms with Crippen LogP contribution in [0.2, 0.25) is 0 Å². The molecular formula is C13H13F3N2O. The number of carbonyl (C=O) groups is 1. The Hall–Kier alpha value is -1.56. The summed E-state index contributed by atoms with van der Waals surface area (Å²) in [7, 11) is 0. The second kappa shape index (κ2) is 4.23. The Morgan fingerprint density at radius 2 is 2.11 bits per heavy atom. The Morgan fingerprint density at radius 3 is 2.84 bits per heavy atom. The number of carbonyl (C=O) groups excluding carboxylic acids is 1. The molecule has 2 aliphatic heterocycles. The minimum absolute atomic E-state index is 0.230. The lowest BCUT2D eigenvalue weighted by atomic mass is 9.87. The van der Waals surface area contributed by atoms with Crippen LogP contribution in [0.25, 0.3) is 0 Å². The maximum atomic E-state index is 13.1. The van der Waals surface area contributed by atoms with Gasteiger partial charge in [-0.05, 0) is 11.1 Å². The molecule has 1 aromatic rings. The molecule has 102 valence electrons. The first kappa shape index (κ1) is 12.5. The first-order chi connectivity index (χ1) is 8.98. The van der Waals surface area contributed by atoms with Crippen molar-refractivity contribution >= 4 is 11.6 Å². The van der Waals surface area contributed by atoms with Gasteiger partial charge in [0, 0.05) is 26.1 Å². The summed E-state index contributed by atoms with van der Waals surface area (Å²) >= 11 is 0. The van der Waals surface area contributed by atoms with Crippen LogP contribution in [0.3, 0.4) is 0 Å². The van der Waals surface area contributed by atoms with Gasteiger partial charge in [0.25, 0.3) is 0 Å². The minimum atomic E-state index is -4.38. The molecule has 0 saturated carbocycles. The lowest BCUT2D eigenvalue weighted by molar-refractivity contribution is -0.157. The van der Waals surface area contributed by atoms with Crippen LogP contribution in [0.5, 0.6) is 0 Å². The highest BCUT2D eigenvalue weighted by molar-refractivity contribution is 5.98. The van der Waals surface area contributed by atoms with Gasteiger partial charge in [0.1, 0.15) is 0 Å². The standard InChI is InChI=1S/C13H13F3N2O/c14-13(15,16)10-6-11(19)18-5-4-17-7-8-2-1-3-9(10)12(8)18/h1-3,10,17H,4-7H2. The van der Waals surface area contributed by atoms with Crippen LogP contribution >= 0.6 is 0 Å². The Bertz CT molecular complexity index is 527. The van der Waals surface area contributed by atoms with Gasteiger partial charge in [0.2, 0.25) is 5.91 Å². The van der Waals surface area contributed by atoms with Crippen molar-refractivity contribution in [3.8, 4) is 0 Å². The molecule has 1 amide bonds. The van der Waals surface area contributed by atoms with Crippen LogP contribution in [0.4, 0.5) is 18.9 Å². The Labute approximate surface area is 108 Å². The fourth-order valence-corrected chi connectivity index (χ4v) is 2.83. The molecule has 6 heteroatoms. The first-order valence-electron chi connectivity index (χ1n) is 6.18. The molecule has 3 rings (SSSR count). The van der Waals surface area contributed by atoms with Gasteiger partial charge in [-0.1, -0.05) is 18.2 Å². The number of nitrogens with one attached hydrogen (secondary N) is 1. The van der Waals surface area contributed by atoms with Crippen molar-refractivity contribution in [3.63, 3.8) is 0 Å². The Morgan fingerprint density at radius 1 is 1.32 bits per heavy atom. The van der Waals surface area contributed by atoms with Crippen LogP contribution in [0.15, 0.2) is 18.2 Å². The van der Waals surface area contributed by atoms with Gasteiger partial charge in [-0.25, -0.2) is 0 Å². The number of amides is 1. The van der Waals surface area contributed by atoms with E-state index in [1.807, 2.05) is 0 Å². The monoisotopic (exact) mass is 270 g/mol. The topological polar surface area (TPSA) is 32.3 Å². The molecule has 2 aliphatic rings. The molecule has 1 unspecified atom stereocenters. The zero-order chi connectivity index (χ0) is 13.6. The molecule has 19 heavy (non-hydrogen) atoms. The number of hydrogen-bond acceptors (Lipinski definition) is 2. The molecule has 3 nitrogen and oxygen atoms in total. The van der Waals surface area contributed by atoms with E-state index in [1.54, 1.807) is 12.1 Å². The van der Waals surface area contributed by atoms with Gasteiger partial charge >= 0.3 is 6.18 Å². The number of benzene rings is 1. The lowest BCUT2D eigenvalue weighted by Gasteiger charge is -2.35. The summed E-state index contributed by atoms with van der Waals surface area (Å²) in [6, 6.07) is 4.89. The molecule has 0 bridgehead atoms. The summed E-state index contributed by atoms with van der Waals surface area (Å²) < 4.78 is 39.3. The number of hydrogen-bond donors (Lipinski definition) is 1. The van der Waals surface area contributed by atoms with E-state index in [-0.39, 0.29) is 5.56 Å². The third-order valence-corrected chi connectivity index (χ3v) is 3.70. The van der Waals surface area contributed by atoms with Crippen molar-refractivity contribution in [2.75, 3.05) is 18.0 Å². The van der Waals surface area contributed by atoms with E-state index in [2.05, 4.69) is 5.32 Å². The third-order valence-electron chi connectivity index (χ3n) is 3.70. The second-order valence-electron chi connectivity index (χ2n) is 4.88. The number of halogens is 3. The summed E-state index contributed by atoms with van der Waals surface area (Å²) in [6.07, 6.45) is -4.86. The molecule has 0 saturated heterocycles. The molecule has 0 spiro atoms. The molecule has 2 heterocycles. The zero-order valence-electron chi connectivity index (χ0n) is 10.1. The van der Waals surface area contributed by atoms with E-state index >= 15 is 0 Å². The van der Waals surface area contributed by atoms with E-state index in [0.29, 0.717) is 25.3 Å². The Balaban J connectivity index is 2.18. The first-order valence-corrected chi connectivity index (χ1v) is 6.18. The molecule has 1 N–H and O–H groups in total. The van der Waals surface area contributed by atoms with Crippen molar-refractivity contribution in [3.05, 3.63) is 29.3 Å². The maximum Gasteiger partial charge on any atom is 0.396 e. The zero-order valence-corrected chi connectivity index (χ0v) is 10.1. The van der Waals surface area contributed by atoms with Gasteiger partial charge in [-0.3, -0.25) is 4.79 Å². The van der Waals surface area contributed by atoms with E-state index in [1.165, 1.54) is 11.0 Å². The number of nitrogens with zero attached hydrogens (tertiary/aromatic N) is 1. The normalized spacial score (nSPS) is 23.0. The highest BCUT2D eigenvalue weighted by Gasteiger charge is 2.47. The highest BCUT2D eigenvalue weighted by atomic mass is 19.4. The van der Waals surface area contributed by atoms with E-state index in [4.69, 9.17) is 0 Å². The largest absolute Gasteiger partial charge is 0.396 e. The van der Waals surface area contributed by atoms with Crippen molar-refractivity contribution < 1.29 is 18.0 Å². The van der Waals surface area contributed by atoms with Crippen molar-refractivity contribution in [1.29, 1.82) is 0 Å². The predicted octanol–water partition coefficient (Wildman–Crippen LogP) is 2.17. The number of alkyl halides is 3. The summed E-state index contributed by atoms with van der Waals surface area (Å²) in [6.45, 7) is 1.52. The van der Waals surface area contributed by atoms with Crippen LogP contribution in [0.1, 0.15) is 23.5 Å². The van der Waals surface area contributed by atoms with E-state index < -0.39 is 24.4 Å². The van der Waals surface area contributed by atoms with Crippen molar-refractivity contribution in [2.45, 2.75) is 25.1 Å². The number of rotatable bonds is 0. The smallest absolute Gasteiger partial charge is 0.311 e. The molecule has 0 fully saturated rings. The third kappa shape index (κ3) is 2.00. The van der Waals surface area contributed by atoms with Gasteiger partial charge in [0.05, 0.1) is 11.6 Å². The van der Waals surface area contributed by atoms with Crippen LogP contribution in [0, 0.1) is 0 Å². The van der Waals surface area contributed by atoms with Gasteiger partial charge in [-0.2, -0.15) is 13.2 Å². The van der Waals surface area contributed by atoms with Crippen LogP contribution in [-0.2, 0) is 11.3 Å². The molecule has 1 atom stereocenters. The highest BCUT2D eigenvalue weighted by Crippen LogP contribution is 2.46. The fraction of sp³-hybridized carbons (Fsp3) is 0.462. The van der Waals surface area contributed by atoms with Gasteiger partial charge in [-0.15, -0.1) is 0 Å². The van der Waals surface area contributed by atoms with Crippen molar-refractivity contribution in [1.82, 2.24) is 5.32 Å². The van der Waals surface area contributed by atoms with Crippen LogP contribution in [-0.4, -0.2) is 25.2 Å². The van der Waals surface area contributed by atoms with Crippen molar-refractivity contribution in [2.24, 2.45) is 0 Å². The molecule has 1 aromatic carbocycles. The maximum absolute atomic E-state index is 13.1. The summed E-state index contributed by atoms with van der Waals surface area (Å²) in [5.41, 5.74) is 1.46. The molecular weight excluding hydrogens is 257 g/mol. The van der Waals surface area contributed by atoms with Gasteiger partial charge in [0.15, 0.2) is 0 Å². The predicted molar refractivity (Wildman–Crippen MR) is 63.9 cm³/mol. The summed E-state index contributed by atoms with van der Waals surface area (Å²) in [5, 5.41) is 3.12. The van der Waals surface area contributed by atoms with E-state index in [9.17, 15) is 18.0 Å². The second-order valence-corrected chi connectivity index (χ2v) is 4.88. The quantitative estimate of drug-likeness (QED) is 0.783. The number of anilines is 1. The Kier molecular flexibility index (Phi) is 2.78.